The molecular weight excluding hydrogens is 1190 g/mol. The lowest BCUT2D eigenvalue weighted by molar-refractivity contribution is 1.47. The van der Waals surface area contributed by atoms with E-state index < -0.39 is 0 Å². The molecule has 0 saturated heterocycles. The van der Waals surface area contributed by atoms with Gasteiger partial charge in [-0.3, -0.25) is 0 Å². The van der Waals surface area contributed by atoms with Crippen LogP contribution in [0.15, 0.2) is 218 Å². The van der Waals surface area contributed by atoms with Crippen molar-refractivity contribution in [3.8, 4) is 55.6 Å². The predicted octanol–water partition coefficient (Wildman–Crippen LogP) is 27.3. The van der Waals surface area contributed by atoms with Gasteiger partial charge >= 0.3 is 0 Å². The zero-order valence-corrected chi connectivity index (χ0v) is 52.6. The fraction of sp³-hybridized carbons (Fsp3) is 0.0256. The normalized spacial score (nSPS) is 12.5. The maximum Gasteiger partial charge on any atom is 0.0542 e. The van der Waals surface area contributed by atoms with Crippen molar-refractivity contribution in [2.75, 3.05) is 0 Å². The van der Waals surface area contributed by atoms with E-state index in [2.05, 4.69) is 232 Å². The highest BCUT2D eigenvalue weighted by Crippen LogP contribution is 2.53. The summed E-state index contributed by atoms with van der Waals surface area (Å²) in [5.41, 5.74) is 15.2. The molecule has 12 aromatic carbocycles. The second-order valence-corrected chi connectivity index (χ2v) is 31.7. The van der Waals surface area contributed by atoms with Gasteiger partial charge < -0.3 is 0 Å². The Kier molecular flexibility index (Phi) is 10.4. The Morgan fingerprint density at radius 1 is 0.186 bits per heavy atom. The third-order valence-electron chi connectivity index (χ3n) is 18.0. The van der Waals surface area contributed by atoms with Crippen LogP contribution in [0, 0.1) is 13.8 Å². The molecule has 0 aliphatic heterocycles. The molecule has 0 nitrogen and oxygen atoms in total. The third kappa shape index (κ3) is 7.33. The molecule has 8 heteroatoms. The zero-order valence-electron chi connectivity index (χ0n) is 46.1. The lowest BCUT2D eigenvalue weighted by Crippen LogP contribution is -1.87. The topological polar surface area (TPSA) is 0 Å². The highest BCUT2D eigenvalue weighted by molar-refractivity contribution is 7.38. The number of hydrogen-bond acceptors (Lipinski definition) is 8. The van der Waals surface area contributed by atoms with E-state index in [4.69, 9.17) is 0 Å². The average molecular weight is 1240 g/mol. The van der Waals surface area contributed by atoms with Crippen LogP contribution in [0.3, 0.4) is 0 Å². The molecule has 0 N–H and O–H groups in total. The van der Waals surface area contributed by atoms with Crippen molar-refractivity contribution in [3.05, 3.63) is 230 Å². The van der Waals surface area contributed by atoms with Crippen molar-refractivity contribution in [3.63, 3.8) is 0 Å². The summed E-state index contributed by atoms with van der Waals surface area (Å²) in [5, 5.41) is 16.2. The van der Waals surface area contributed by atoms with Crippen LogP contribution in [0.4, 0.5) is 0 Å². The molecule has 8 aromatic heterocycles. The smallest absolute Gasteiger partial charge is 0.0542 e. The summed E-state index contributed by atoms with van der Waals surface area (Å²) in [6.45, 7) is 4.34. The van der Waals surface area contributed by atoms with Crippen LogP contribution >= 0.6 is 90.7 Å². The molecule has 20 rings (SSSR count). The number of benzene rings is 12. The first kappa shape index (κ1) is 49.0. The minimum atomic E-state index is 1.24. The number of aryl methyl sites for hydroxylation is 2. The molecule has 0 spiro atoms. The van der Waals surface area contributed by atoms with Gasteiger partial charge in [0.2, 0.25) is 0 Å². The Bertz CT molecular complexity index is 6320. The average Bonchev–Trinajstić information content (AvgIpc) is 1.67. The van der Waals surface area contributed by atoms with Gasteiger partial charge in [0, 0.05) is 80.7 Å². The van der Waals surface area contributed by atoms with E-state index >= 15 is 0 Å². The molecule has 8 heterocycles. The molecule has 20 aromatic rings. The van der Waals surface area contributed by atoms with Crippen molar-refractivity contribution in [1.82, 2.24) is 0 Å². The third-order valence-corrected chi connectivity index (χ3v) is 28.0. The Hall–Kier alpha value is -8.12. The van der Waals surface area contributed by atoms with Crippen LogP contribution in [0.1, 0.15) is 11.1 Å². The molecular formula is C78H42S8. The monoisotopic (exact) mass is 1230 g/mol. The SMILES string of the molecule is Cc1ccc(-c2ccc3sc4c5cc6cc7sc8c9cc(-c%10ccc(C)cc%10)c(-c%10cccc(-c%11ccc%12sc%13c%14cc%15cc%16sc%17c%18cc(-c%19ccccc%19)ccc%18sc%17c%16cc%15cc%14sc%13c%12c%11)c%10)cc9sc8c7cc6cc5sc4c3c2)cc1. The summed E-state index contributed by atoms with van der Waals surface area (Å²) in [5.74, 6) is 0. The van der Waals surface area contributed by atoms with Crippen LogP contribution in [0.25, 0.3) is 195 Å². The first-order valence-electron chi connectivity index (χ1n) is 28.9. The van der Waals surface area contributed by atoms with Gasteiger partial charge in [-0.2, -0.15) is 0 Å². The van der Waals surface area contributed by atoms with Gasteiger partial charge in [0.1, 0.15) is 0 Å². The van der Waals surface area contributed by atoms with Gasteiger partial charge in [0.25, 0.3) is 0 Å². The summed E-state index contributed by atoms with van der Waals surface area (Å²) in [7, 11) is 0. The molecule has 86 heavy (non-hydrogen) atoms. The maximum absolute atomic E-state index is 2.50. The maximum atomic E-state index is 2.50. The summed E-state index contributed by atoms with van der Waals surface area (Å²) < 4.78 is 22.0. The van der Waals surface area contributed by atoms with Crippen molar-refractivity contribution >= 4 is 231 Å². The van der Waals surface area contributed by atoms with Crippen molar-refractivity contribution in [1.29, 1.82) is 0 Å². The lowest BCUT2D eigenvalue weighted by Gasteiger charge is -2.13. The number of fused-ring (bicyclic) bond motifs is 22. The van der Waals surface area contributed by atoms with E-state index in [9.17, 15) is 0 Å². The second kappa shape index (κ2) is 18.2. The van der Waals surface area contributed by atoms with E-state index in [-0.39, 0.29) is 0 Å². The Balaban J connectivity index is 0.672. The number of rotatable bonds is 5. The minimum absolute atomic E-state index is 1.24. The van der Waals surface area contributed by atoms with Crippen LogP contribution < -0.4 is 0 Å². The Morgan fingerprint density at radius 3 is 0.907 bits per heavy atom. The Labute approximate surface area is 524 Å². The summed E-state index contributed by atoms with van der Waals surface area (Å²) in [6, 6.07) is 84.0. The fourth-order valence-electron chi connectivity index (χ4n) is 13.6. The van der Waals surface area contributed by atoms with Crippen LogP contribution in [0.5, 0.6) is 0 Å². The molecule has 0 aliphatic carbocycles. The van der Waals surface area contributed by atoms with Crippen LogP contribution in [0.2, 0.25) is 0 Å². The van der Waals surface area contributed by atoms with E-state index in [1.165, 1.54) is 207 Å². The van der Waals surface area contributed by atoms with E-state index in [0.717, 1.165) is 0 Å². The zero-order chi connectivity index (χ0) is 56.2. The molecule has 402 valence electrons. The van der Waals surface area contributed by atoms with Crippen LogP contribution in [-0.4, -0.2) is 0 Å². The summed E-state index contributed by atoms with van der Waals surface area (Å²) in [4.78, 5) is 0. The van der Waals surface area contributed by atoms with Gasteiger partial charge in [-0.25, -0.2) is 0 Å². The quantitative estimate of drug-likeness (QED) is 0.161. The van der Waals surface area contributed by atoms with Crippen LogP contribution in [-0.2, 0) is 0 Å². The predicted molar refractivity (Wildman–Crippen MR) is 391 cm³/mol. The summed E-state index contributed by atoms with van der Waals surface area (Å²) in [6.07, 6.45) is 0. The van der Waals surface area contributed by atoms with E-state index in [0.29, 0.717) is 0 Å². The Morgan fingerprint density at radius 2 is 0.477 bits per heavy atom. The molecule has 0 fully saturated rings. The molecule has 0 radical (unpaired) electrons. The standard InChI is InChI=1S/C78H42S8/c1-39-11-15-42(16-12-39)46-20-23-64-56(27-46)72-75(80-64)59-31-51-36-69-61(32-52(51)35-67(59)83-72)77-78(85-69)62-37-53(43-17-13-40(2)14-18-43)54(38-70(62)86-77)48-10-6-9-44(25-48)47-21-24-65-57(28-47)73-76(81-65)60-30-50-33-66-58(29-49(50)34-68(60)84-73)74-71(82-66)55-26-45(19-22-63(55)79-74)41-7-4-3-5-8-41/h3-38H,1-2H3. The molecule has 0 aliphatic rings. The van der Waals surface area contributed by atoms with Gasteiger partial charge in [0.05, 0.1) is 37.6 Å². The lowest BCUT2D eigenvalue weighted by atomic mass is 9.91. The van der Waals surface area contributed by atoms with E-state index in [1.807, 2.05) is 90.7 Å². The number of hydrogen-bond donors (Lipinski definition) is 0. The highest BCUT2D eigenvalue weighted by atomic mass is 32.1. The fourth-order valence-corrected chi connectivity index (χ4v) is 24.2. The minimum Gasteiger partial charge on any atom is -0.134 e. The summed E-state index contributed by atoms with van der Waals surface area (Å²) >= 11 is 15.6. The molecule has 0 bridgehead atoms. The van der Waals surface area contributed by atoms with E-state index in [1.54, 1.807) is 0 Å². The van der Waals surface area contributed by atoms with Crippen molar-refractivity contribution in [2.24, 2.45) is 0 Å². The second-order valence-electron chi connectivity index (χ2n) is 23.2. The van der Waals surface area contributed by atoms with Crippen molar-refractivity contribution in [2.45, 2.75) is 13.8 Å². The first-order valence-corrected chi connectivity index (χ1v) is 35.4. The van der Waals surface area contributed by atoms with Gasteiger partial charge in [-0.1, -0.05) is 126 Å². The molecule has 0 saturated carbocycles. The largest absolute Gasteiger partial charge is 0.134 e. The van der Waals surface area contributed by atoms with Gasteiger partial charge in [-0.15, -0.1) is 90.7 Å². The molecule has 0 amide bonds. The number of thiophene rings is 8. The highest BCUT2D eigenvalue weighted by Gasteiger charge is 2.22. The van der Waals surface area contributed by atoms with Gasteiger partial charge in [0.15, 0.2) is 0 Å². The van der Waals surface area contributed by atoms with Gasteiger partial charge in [-0.05, 0) is 194 Å². The molecule has 0 atom stereocenters. The van der Waals surface area contributed by atoms with Crippen molar-refractivity contribution < 1.29 is 0 Å². The first-order chi connectivity index (χ1) is 42.3. The molecule has 0 unspecified atom stereocenters.